The molecule has 6 rings (SSSR count). The molecule has 0 bridgehead atoms. The summed E-state index contributed by atoms with van der Waals surface area (Å²) in [5.41, 5.74) is 4.82. The van der Waals surface area contributed by atoms with Crippen molar-refractivity contribution in [2.24, 2.45) is 0 Å². The molecular weight excluding hydrogens is 461 g/mol. The summed E-state index contributed by atoms with van der Waals surface area (Å²) in [5, 5.41) is 5.65. The Morgan fingerprint density at radius 3 is 2.54 bits per heavy atom. The van der Waals surface area contributed by atoms with Crippen molar-refractivity contribution in [1.29, 1.82) is 0 Å². The Bertz CT molecular complexity index is 1580. The molecule has 4 nitrogen and oxygen atoms in total. The Labute approximate surface area is 215 Å². The van der Waals surface area contributed by atoms with Gasteiger partial charge in [-0.1, -0.05) is 66.7 Å². The van der Waals surface area contributed by atoms with Crippen molar-refractivity contribution < 1.29 is 9.18 Å². The van der Waals surface area contributed by atoms with Crippen LogP contribution in [0.15, 0.2) is 109 Å². The number of nitrogens with zero attached hydrogens (tertiary/aromatic N) is 2. The molecule has 0 saturated heterocycles. The van der Waals surface area contributed by atoms with E-state index in [0.29, 0.717) is 12.1 Å². The van der Waals surface area contributed by atoms with E-state index in [4.69, 9.17) is 0 Å². The number of carbonyl (C=O) groups excluding carboxylic acids is 1. The second-order valence-corrected chi connectivity index (χ2v) is 9.41. The number of carbonyl (C=O) groups is 1. The molecule has 0 spiro atoms. The molecular formula is C32H26FN3O. The molecule has 5 aromatic rings. The van der Waals surface area contributed by atoms with Gasteiger partial charge in [0.2, 0.25) is 0 Å². The van der Waals surface area contributed by atoms with Crippen LogP contribution in [0.2, 0.25) is 0 Å². The summed E-state index contributed by atoms with van der Waals surface area (Å²) in [6.45, 7) is 0.307. The van der Waals surface area contributed by atoms with Gasteiger partial charge in [0, 0.05) is 23.5 Å². The molecule has 0 fully saturated rings. The first kappa shape index (κ1) is 22.9. The van der Waals surface area contributed by atoms with E-state index in [-0.39, 0.29) is 17.8 Å². The molecule has 182 valence electrons. The zero-order chi connectivity index (χ0) is 25.2. The minimum absolute atomic E-state index is 0.126. The molecule has 0 saturated carbocycles. The molecule has 4 aromatic carbocycles. The fourth-order valence-electron chi connectivity index (χ4n) is 5.08. The maximum absolute atomic E-state index is 13.9. The van der Waals surface area contributed by atoms with Gasteiger partial charge in [0.15, 0.2) is 0 Å². The molecule has 0 aliphatic heterocycles. The molecule has 1 aromatic heterocycles. The molecule has 1 heterocycles. The van der Waals surface area contributed by atoms with E-state index in [0.717, 1.165) is 40.7 Å². The average Bonchev–Trinajstić information content (AvgIpc) is 3.35. The number of hydrogen-bond acceptors (Lipinski definition) is 3. The van der Waals surface area contributed by atoms with Gasteiger partial charge in [0.25, 0.3) is 5.91 Å². The normalized spacial score (nSPS) is 14.4. The Morgan fingerprint density at radius 2 is 1.68 bits per heavy atom. The van der Waals surface area contributed by atoms with Crippen LogP contribution in [0.1, 0.15) is 39.5 Å². The van der Waals surface area contributed by atoms with E-state index in [2.05, 4.69) is 34.6 Å². The van der Waals surface area contributed by atoms with Crippen molar-refractivity contribution in [3.8, 4) is 0 Å². The quantitative estimate of drug-likeness (QED) is 0.273. The van der Waals surface area contributed by atoms with Crippen LogP contribution in [-0.2, 0) is 13.0 Å². The topological polar surface area (TPSA) is 45.2 Å². The molecule has 1 atom stereocenters. The molecule has 1 aliphatic carbocycles. The van der Waals surface area contributed by atoms with Crippen LogP contribution in [0.3, 0.4) is 0 Å². The first-order valence-corrected chi connectivity index (χ1v) is 12.5. The highest BCUT2D eigenvalue weighted by Gasteiger charge is 2.23. The number of amides is 1. The van der Waals surface area contributed by atoms with E-state index >= 15 is 0 Å². The number of aryl methyl sites for hydroxylation is 1. The zero-order valence-corrected chi connectivity index (χ0v) is 20.3. The largest absolute Gasteiger partial charge is 0.363 e. The second-order valence-electron chi connectivity index (χ2n) is 9.41. The van der Waals surface area contributed by atoms with Gasteiger partial charge in [-0.25, -0.2) is 9.37 Å². The van der Waals surface area contributed by atoms with Crippen molar-refractivity contribution in [2.45, 2.75) is 25.4 Å². The van der Waals surface area contributed by atoms with Gasteiger partial charge in [0.05, 0.1) is 12.6 Å². The number of benzene rings is 4. The molecule has 37 heavy (non-hydrogen) atoms. The third kappa shape index (κ3) is 4.81. The molecule has 1 N–H and O–H groups in total. The molecule has 0 unspecified atom stereocenters. The summed E-state index contributed by atoms with van der Waals surface area (Å²) in [6, 6.07) is 32.4. The number of halogens is 1. The molecule has 0 radical (unpaired) electrons. The predicted octanol–water partition coefficient (Wildman–Crippen LogP) is 7.32. The van der Waals surface area contributed by atoms with Crippen LogP contribution < -0.4 is 10.2 Å². The fourth-order valence-corrected chi connectivity index (χ4v) is 5.08. The first-order chi connectivity index (χ1) is 18.1. The zero-order valence-electron chi connectivity index (χ0n) is 20.3. The number of hydrogen-bond donors (Lipinski definition) is 1. The van der Waals surface area contributed by atoms with Gasteiger partial charge < -0.3 is 10.2 Å². The maximum atomic E-state index is 13.9. The van der Waals surface area contributed by atoms with Crippen LogP contribution in [0.4, 0.5) is 15.9 Å². The van der Waals surface area contributed by atoms with Gasteiger partial charge >= 0.3 is 0 Å². The van der Waals surface area contributed by atoms with E-state index in [1.54, 1.807) is 23.2 Å². The fraction of sp³-hybridized carbons (Fsp3) is 0.125. The van der Waals surface area contributed by atoms with E-state index < -0.39 is 0 Å². The van der Waals surface area contributed by atoms with Crippen LogP contribution >= 0.6 is 0 Å². The minimum Gasteiger partial charge on any atom is -0.363 e. The monoisotopic (exact) mass is 487 g/mol. The summed E-state index contributed by atoms with van der Waals surface area (Å²) >= 11 is 0. The molecule has 1 aliphatic rings. The van der Waals surface area contributed by atoms with E-state index in [1.165, 1.54) is 23.3 Å². The Kier molecular flexibility index (Phi) is 6.11. The third-order valence-corrected chi connectivity index (χ3v) is 7.01. The Hall–Kier alpha value is -4.51. The van der Waals surface area contributed by atoms with Crippen molar-refractivity contribution in [3.63, 3.8) is 0 Å². The lowest BCUT2D eigenvalue weighted by molar-refractivity contribution is 0.0985. The van der Waals surface area contributed by atoms with Gasteiger partial charge in [-0.05, 0) is 70.6 Å². The van der Waals surface area contributed by atoms with Crippen molar-refractivity contribution in [1.82, 2.24) is 4.98 Å². The highest BCUT2D eigenvalue weighted by molar-refractivity contribution is 6.08. The lowest BCUT2D eigenvalue weighted by atomic mass is 10.1. The lowest BCUT2D eigenvalue weighted by Crippen LogP contribution is -2.30. The van der Waals surface area contributed by atoms with Gasteiger partial charge in [-0.15, -0.1) is 0 Å². The first-order valence-electron chi connectivity index (χ1n) is 12.5. The van der Waals surface area contributed by atoms with E-state index in [1.807, 2.05) is 54.6 Å². The Balaban J connectivity index is 1.34. The smallest absolute Gasteiger partial charge is 0.258 e. The maximum Gasteiger partial charge on any atom is 0.258 e. The number of aromatic nitrogens is 1. The summed E-state index contributed by atoms with van der Waals surface area (Å²) < 4.78 is 13.6. The number of fused-ring (bicyclic) bond motifs is 2. The summed E-state index contributed by atoms with van der Waals surface area (Å²) in [6.07, 6.45) is 3.76. The average molecular weight is 488 g/mol. The Morgan fingerprint density at radius 1 is 0.892 bits per heavy atom. The molecule has 1 amide bonds. The van der Waals surface area contributed by atoms with Crippen LogP contribution in [0.5, 0.6) is 0 Å². The summed E-state index contributed by atoms with van der Waals surface area (Å²) in [5.74, 6) is 0.288. The summed E-state index contributed by atoms with van der Waals surface area (Å²) in [7, 11) is 0. The van der Waals surface area contributed by atoms with Crippen molar-refractivity contribution >= 4 is 28.2 Å². The predicted molar refractivity (Wildman–Crippen MR) is 146 cm³/mol. The van der Waals surface area contributed by atoms with Crippen molar-refractivity contribution in [2.75, 3.05) is 10.2 Å². The summed E-state index contributed by atoms with van der Waals surface area (Å²) in [4.78, 5) is 20.2. The van der Waals surface area contributed by atoms with Crippen LogP contribution in [0.25, 0.3) is 10.8 Å². The number of pyridine rings is 1. The molecule has 5 heteroatoms. The lowest BCUT2D eigenvalue weighted by Gasteiger charge is -2.24. The van der Waals surface area contributed by atoms with Crippen molar-refractivity contribution in [3.05, 3.63) is 137 Å². The minimum atomic E-state index is -0.302. The van der Waals surface area contributed by atoms with Gasteiger partial charge in [-0.2, -0.15) is 0 Å². The highest BCUT2D eigenvalue weighted by atomic mass is 19.1. The number of rotatable bonds is 6. The highest BCUT2D eigenvalue weighted by Crippen LogP contribution is 2.34. The van der Waals surface area contributed by atoms with Crippen LogP contribution in [0, 0.1) is 5.82 Å². The second kappa shape index (κ2) is 9.86. The standard InChI is InChI=1S/C32H26FN3O/c33-27-14-9-22(10-15-27)21-36(32(37)26-12-11-23-5-1-2-7-25(23)19-26)28-17-18-34-31(20-28)35-30-16-13-24-6-3-4-8-29(24)30/h1-12,14-15,17-20,30H,13,16,21H2,(H,34,35)/t30-/m0/s1. The van der Waals surface area contributed by atoms with Crippen LogP contribution in [-0.4, -0.2) is 10.9 Å². The van der Waals surface area contributed by atoms with Gasteiger partial charge in [-0.3, -0.25) is 4.79 Å². The van der Waals surface area contributed by atoms with Gasteiger partial charge in [0.1, 0.15) is 11.6 Å². The van der Waals surface area contributed by atoms with E-state index in [9.17, 15) is 9.18 Å². The number of anilines is 2. The SMILES string of the molecule is O=C(c1ccc2ccccc2c1)N(Cc1ccc(F)cc1)c1ccnc(N[C@H]2CCc3ccccc32)c1. The third-order valence-electron chi connectivity index (χ3n) is 7.01. The number of nitrogens with one attached hydrogen (secondary N) is 1.